The molecule has 0 unspecified atom stereocenters. The third-order valence-corrected chi connectivity index (χ3v) is 3.89. The van der Waals surface area contributed by atoms with Crippen molar-refractivity contribution in [3.63, 3.8) is 0 Å². The molecule has 0 heterocycles. The van der Waals surface area contributed by atoms with E-state index in [0.29, 0.717) is 12.4 Å². The number of hydrogen-bond donors (Lipinski definition) is 1. The fourth-order valence-corrected chi connectivity index (χ4v) is 3.60. The number of halogens is 2. The Morgan fingerprint density at radius 3 is 2.47 bits per heavy atom. The number of benzene rings is 2. The van der Waals surface area contributed by atoms with Gasteiger partial charge < -0.3 is 9.84 Å². The van der Waals surface area contributed by atoms with Gasteiger partial charge in [0.25, 0.3) is 0 Å². The molecule has 0 fully saturated rings. The molecule has 2 aromatic carbocycles. The summed E-state index contributed by atoms with van der Waals surface area (Å²) in [6, 6.07) is 13.2. The van der Waals surface area contributed by atoms with Crippen molar-refractivity contribution in [2.75, 3.05) is 0 Å². The third kappa shape index (κ3) is 3.82. The van der Waals surface area contributed by atoms with Crippen molar-refractivity contribution < 1.29 is 14.6 Å². The van der Waals surface area contributed by atoms with Crippen LogP contribution in [0.25, 0.3) is 0 Å². The topological polar surface area (TPSA) is 46.5 Å². The molecular formula is C14H10I2O3. The number of carbonyl (C=O) groups is 1. The molecule has 2 rings (SSSR count). The minimum Gasteiger partial charge on any atom is -0.487 e. The molecule has 1 N–H and O–H groups in total. The monoisotopic (exact) mass is 480 g/mol. The average Bonchev–Trinajstić information content (AvgIpc) is 2.38. The van der Waals surface area contributed by atoms with Crippen LogP contribution in [0.3, 0.4) is 0 Å². The standard InChI is InChI=1S/C14H10I2O3/c15-10-6-11(14(17)18)13(12(16)7-10)19-8-9-4-2-1-3-5-9/h1-7H,8H2,(H,17,18). The van der Waals surface area contributed by atoms with E-state index in [0.717, 1.165) is 12.7 Å². The van der Waals surface area contributed by atoms with Crippen LogP contribution in [0.4, 0.5) is 0 Å². The van der Waals surface area contributed by atoms with E-state index in [2.05, 4.69) is 45.2 Å². The van der Waals surface area contributed by atoms with E-state index in [4.69, 9.17) is 4.74 Å². The minimum atomic E-state index is -0.973. The molecule has 0 atom stereocenters. The Kier molecular flexibility index (Phi) is 5.03. The highest BCUT2D eigenvalue weighted by molar-refractivity contribution is 14.1. The maximum absolute atomic E-state index is 11.3. The SMILES string of the molecule is O=C(O)c1cc(I)cc(I)c1OCc1ccccc1. The summed E-state index contributed by atoms with van der Waals surface area (Å²) < 4.78 is 7.36. The Morgan fingerprint density at radius 2 is 1.84 bits per heavy atom. The lowest BCUT2D eigenvalue weighted by molar-refractivity contribution is 0.0691. The molecule has 0 aliphatic carbocycles. The Morgan fingerprint density at radius 1 is 1.16 bits per heavy atom. The van der Waals surface area contributed by atoms with Gasteiger partial charge in [-0.15, -0.1) is 0 Å². The summed E-state index contributed by atoms with van der Waals surface area (Å²) in [7, 11) is 0. The summed E-state index contributed by atoms with van der Waals surface area (Å²) in [5, 5.41) is 9.23. The van der Waals surface area contributed by atoms with Crippen LogP contribution in [0.15, 0.2) is 42.5 Å². The number of carboxylic acids is 1. The van der Waals surface area contributed by atoms with Gasteiger partial charge in [-0.25, -0.2) is 4.79 Å². The third-order valence-electron chi connectivity index (χ3n) is 2.46. The van der Waals surface area contributed by atoms with Gasteiger partial charge in [0.1, 0.15) is 17.9 Å². The molecule has 5 heteroatoms. The summed E-state index contributed by atoms with van der Waals surface area (Å²) in [6.45, 7) is 0.359. The van der Waals surface area contributed by atoms with Crippen LogP contribution in [0.2, 0.25) is 0 Å². The Balaban J connectivity index is 2.27. The van der Waals surface area contributed by atoms with Crippen LogP contribution < -0.4 is 4.74 Å². The molecule has 2 aromatic rings. The Labute approximate surface area is 138 Å². The first-order valence-electron chi connectivity index (χ1n) is 5.47. The Bertz CT molecular complexity index is 597. The number of rotatable bonds is 4. The highest BCUT2D eigenvalue weighted by Crippen LogP contribution is 2.29. The van der Waals surface area contributed by atoms with Crippen molar-refractivity contribution in [2.45, 2.75) is 6.61 Å². The van der Waals surface area contributed by atoms with Gasteiger partial charge in [0.2, 0.25) is 0 Å². The highest BCUT2D eigenvalue weighted by atomic mass is 127. The largest absolute Gasteiger partial charge is 0.487 e. The first-order valence-corrected chi connectivity index (χ1v) is 7.62. The second-order valence-electron chi connectivity index (χ2n) is 3.84. The van der Waals surface area contributed by atoms with Crippen LogP contribution >= 0.6 is 45.2 Å². The Hall–Kier alpha value is -0.830. The highest BCUT2D eigenvalue weighted by Gasteiger charge is 2.16. The lowest BCUT2D eigenvalue weighted by Crippen LogP contribution is -2.05. The zero-order valence-corrected chi connectivity index (χ0v) is 14.1. The van der Waals surface area contributed by atoms with E-state index in [9.17, 15) is 9.90 Å². The first kappa shape index (κ1) is 14.6. The molecule has 0 saturated carbocycles. The lowest BCUT2D eigenvalue weighted by atomic mass is 10.2. The van der Waals surface area contributed by atoms with Gasteiger partial charge in [0.05, 0.1) is 3.57 Å². The number of aromatic carboxylic acids is 1. The van der Waals surface area contributed by atoms with Crippen molar-refractivity contribution in [3.8, 4) is 5.75 Å². The van der Waals surface area contributed by atoms with E-state index >= 15 is 0 Å². The second-order valence-corrected chi connectivity index (χ2v) is 6.25. The zero-order valence-electron chi connectivity index (χ0n) is 9.77. The van der Waals surface area contributed by atoms with Gasteiger partial charge in [0.15, 0.2) is 0 Å². The van der Waals surface area contributed by atoms with Gasteiger partial charge in [0, 0.05) is 3.57 Å². The van der Waals surface area contributed by atoms with E-state index in [1.807, 2.05) is 36.4 Å². The van der Waals surface area contributed by atoms with E-state index < -0.39 is 5.97 Å². The summed E-state index contributed by atoms with van der Waals surface area (Å²) in [6.07, 6.45) is 0. The maximum atomic E-state index is 11.3. The van der Waals surface area contributed by atoms with Crippen molar-refractivity contribution in [1.82, 2.24) is 0 Å². The smallest absolute Gasteiger partial charge is 0.339 e. The number of carboxylic acid groups (broad SMARTS) is 1. The molecule has 0 radical (unpaired) electrons. The van der Waals surface area contributed by atoms with Crippen LogP contribution in [-0.2, 0) is 6.61 Å². The van der Waals surface area contributed by atoms with Gasteiger partial charge in [-0.2, -0.15) is 0 Å². The van der Waals surface area contributed by atoms with Crippen molar-refractivity contribution >= 4 is 51.2 Å². The molecule has 3 nitrogen and oxygen atoms in total. The molecular weight excluding hydrogens is 470 g/mol. The van der Waals surface area contributed by atoms with Gasteiger partial charge in [-0.05, 0) is 62.9 Å². The predicted molar refractivity (Wildman–Crippen MR) is 89.6 cm³/mol. The number of hydrogen-bond acceptors (Lipinski definition) is 2. The van der Waals surface area contributed by atoms with Crippen LogP contribution in [0.5, 0.6) is 5.75 Å². The molecule has 0 saturated heterocycles. The fraction of sp³-hybridized carbons (Fsp3) is 0.0714. The fourth-order valence-electron chi connectivity index (χ4n) is 1.60. The molecule has 0 bridgehead atoms. The van der Waals surface area contributed by atoms with E-state index in [-0.39, 0.29) is 5.56 Å². The molecule has 0 spiro atoms. The minimum absolute atomic E-state index is 0.201. The molecule has 0 aliphatic heterocycles. The number of ether oxygens (including phenoxy) is 1. The zero-order chi connectivity index (χ0) is 13.8. The molecule has 0 amide bonds. The quantitative estimate of drug-likeness (QED) is 0.669. The average molecular weight is 480 g/mol. The van der Waals surface area contributed by atoms with E-state index in [1.54, 1.807) is 6.07 Å². The summed E-state index contributed by atoms with van der Waals surface area (Å²) in [4.78, 5) is 11.3. The van der Waals surface area contributed by atoms with Crippen molar-refractivity contribution in [3.05, 3.63) is 60.7 Å². The van der Waals surface area contributed by atoms with Crippen LogP contribution in [0, 0.1) is 7.14 Å². The van der Waals surface area contributed by atoms with Crippen molar-refractivity contribution in [1.29, 1.82) is 0 Å². The molecule has 0 aromatic heterocycles. The molecule has 98 valence electrons. The van der Waals surface area contributed by atoms with Gasteiger partial charge in [-0.3, -0.25) is 0 Å². The first-order chi connectivity index (χ1) is 9.08. The normalized spacial score (nSPS) is 10.2. The molecule has 19 heavy (non-hydrogen) atoms. The summed E-state index contributed by atoms with van der Waals surface area (Å²) >= 11 is 4.19. The summed E-state index contributed by atoms with van der Waals surface area (Å²) in [5.74, 6) is -0.545. The van der Waals surface area contributed by atoms with Gasteiger partial charge in [-0.1, -0.05) is 30.3 Å². The van der Waals surface area contributed by atoms with Crippen LogP contribution in [-0.4, -0.2) is 11.1 Å². The van der Waals surface area contributed by atoms with Crippen LogP contribution in [0.1, 0.15) is 15.9 Å². The lowest BCUT2D eigenvalue weighted by Gasteiger charge is -2.12. The maximum Gasteiger partial charge on any atom is 0.339 e. The predicted octanol–water partition coefficient (Wildman–Crippen LogP) is 4.17. The van der Waals surface area contributed by atoms with Crippen molar-refractivity contribution in [2.24, 2.45) is 0 Å². The van der Waals surface area contributed by atoms with E-state index in [1.165, 1.54) is 0 Å². The van der Waals surface area contributed by atoms with Gasteiger partial charge >= 0.3 is 5.97 Å². The second kappa shape index (κ2) is 6.56. The summed E-state index contributed by atoms with van der Waals surface area (Å²) in [5.41, 5.74) is 1.21. The molecule has 0 aliphatic rings.